The fourth-order valence-electron chi connectivity index (χ4n) is 3.17. The van der Waals surface area contributed by atoms with Gasteiger partial charge in [-0.15, -0.1) is 0 Å². The van der Waals surface area contributed by atoms with Crippen LogP contribution in [-0.4, -0.2) is 37.3 Å². The Morgan fingerprint density at radius 2 is 2.17 bits per heavy atom. The van der Waals surface area contributed by atoms with Crippen LogP contribution in [0.4, 0.5) is 0 Å². The van der Waals surface area contributed by atoms with Crippen LogP contribution in [0, 0.1) is 6.92 Å². The van der Waals surface area contributed by atoms with Crippen LogP contribution in [-0.2, 0) is 5.79 Å². The predicted molar refractivity (Wildman–Crippen MR) is 95.0 cm³/mol. The molecule has 1 aromatic rings. The summed E-state index contributed by atoms with van der Waals surface area (Å²) < 4.78 is 0. The van der Waals surface area contributed by atoms with Gasteiger partial charge >= 0.3 is 0 Å². The summed E-state index contributed by atoms with van der Waals surface area (Å²) in [6, 6.07) is 8.15. The molecule has 2 aliphatic heterocycles. The molecule has 23 heavy (non-hydrogen) atoms. The van der Waals surface area contributed by atoms with Gasteiger partial charge in [-0.05, 0) is 51.9 Å². The molecule has 5 nitrogen and oxygen atoms in total. The third-order valence-electron chi connectivity index (χ3n) is 4.47. The first-order valence-electron chi connectivity index (χ1n) is 8.52. The highest BCUT2D eigenvalue weighted by Crippen LogP contribution is 2.20. The average Bonchev–Trinajstić information content (AvgIpc) is 3.05. The fraction of sp³-hybridized carbons (Fsp3) is 0.500. The minimum atomic E-state index is -0.891. The highest BCUT2D eigenvalue weighted by atomic mass is 15.3. The van der Waals surface area contributed by atoms with E-state index in [1.54, 1.807) is 6.21 Å². The van der Waals surface area contributed by atoms with Crippen LogP contribution in [0.2, 0.25) is 0 Å². The molecule has 1 atom stereocenters. The highest BCUT2D eigenvalue weighted by Gasteiger charge is 2.28. The van der Waals surface area contributed by atoms with E-state index in [1.165, 1.54) is 38.0 Å². The molecular formula is C18H27N5. The van der Waals surface area contributed by atoms with Crippen LogP contribution in [0.1, 0.15) is 30.4 Å². The molecule has 0 spiro atoms. The zero-order chi connectivity index (χ0) is 16.1. The van der Waals surface area contributed by atoms with Gasteiger partial charge in [-0.25, -0.2) is 4.99 Å². The Balaban J connectivity index is 1.51. The van der Waals surface area contributed by atoms with Crippen molar-refractivity contribution in [2.24, 2.45) is 10.7 Å². The fourth-order valence-corrected chi connectivity index (χ4v) is 3.17. The number of rotatable bonds is 6. The maximum Gasteiger partial charge on any atom is 0.210 e. The Labute approximate surface area is 138 Å². The lowest BCUT2D eigenvalue weighted by molar-refractivity contribution is 0.329. The molecule has 2 aliphatic rings. The largest absolute Gasteiger partial charge is 0.372 e. The molecule has 0 aliphatic carbocycles. The molecule has 1 aromatic carbocycles. The van der Waals surface area contributed by atoms with Crippen LogP contribution in [0.5, 0.6) is 0 Å². The van der Waals surface area contributed by atoms with E-state index < -0.39 is 5.79 Å². The second-order valence-corrected chi connectivity index (χ2v) is 6.45. The number of benzene rings is 1. The smallest absolute Gasteiger partial charge is 0.210 e. The van der Waals surface area contributed by atoms with Gasteiger partial charge in [0, 0.05) is 18.3 Å². The lowest BCUT2D eigenvalue weighted by Crippen LogP contribution is -2.52. The summed E-state index contributed by atoms with van der Waals surface area (Å²) in [4.78, 5) is 6.96. The van der Waals surface area contributed by atoms with Gasteiger partial charge in [-0.3, -0.25) is 5.73 Å². The predicted octanol–water partition coefficient (Wildman–Crippen LogP) is 1.65. The summed E-state index contributed by atoms with van der Waals surface area (Å²) in [5.41, 5.74) is 8.60. The van der Waals surface area contributed by atoms with E-state index in [4.69, 9.17) is 5.73 Å². The molecule has 3 rings (SSSR count). The van der Waals surface area contributed by atoms with Gasteiger partial charge in [0.05, 0.1) is 0 Å². The monoisotopic (exact) mass is 313 g/mol. The molecule has 0 radical (unpaired) electrons. The number of aliphatic imine (C=N–C) groups is 1. The first kappa shape index (κ1) is 16.0. The Morgan fingerprint density at radius 1 is 1.35 bits per heavy atom. The second kappa shape index (κ2) is 7.15. The van der Waals surface area contributed by atoms with E-state index in [1.807, 2.05) is 18.2 Å². The molecule has 4 N–H and O–H groups in total. The van der Waals surface area contributed by atoms with Gasteiger partial charge in [0.2, 0.25) is 5.79 Å². The Kier molecular flexibility index (Phi) is 4.98. The Hall–Kier alpha value is -1.85. The van der Waals surface area contributed by atoms with Gasteiger partial charge < -0.3 is 15.5 Å². The van der Waals surface area contributed by atoms with Crippen molar-refractivity contribution >= 4 is 6.21 Å². The number of hydrogen-bond donors (Lipinski definition) is 3. The van der Waals surface area contributed by atoms with Crippen molar-refractivity contribution < 1.29 is 0 Å². The van der Waals surface area contributed by atoms with Crippen LogP contribution in [0.3, 0.4) is 0 Å². The molecule has 124 valence electrons. The summed E-state index contributed by atoms with van der Waals surface area (Å²) >= 11 is 0. The number of likely N-dealkylation sites (tertiary alicyclic amines) is 1. The van der Waals surface area contributed by atoms with Crippen molar-refractivity contribution in [2.45, 2.75) is 32.0 Å². The molecular weight excluding hydrogens is 286 g/mol. The zero-order valence-electron chi connectivity index (χ0n) is 13.9. The van der Waals surface area contributed by atoms with Crippen molar-refractivity contribution in [3.05, 3.63) is 47.3 Å². The van der Waals surface area contributed by atoms with E-state index in [2.05, 4.69) is 39.6 Å². The van der Waals surface area contributed by atoms with Crippen molar-refractivity contribution in [2.75, 3.05) is 26.2 Å². The SMILES string of the molecule is Cc1cccc(C2(N)N=CC=C(NCCCN3CCCC3)N2)c1. The lowest BCUT2D eigenvalue weighted by Gasteiger charge is -2.32. The number of aryl methyl sites for hydroxylation is 1. The van der Waals surface area contributed by atoms with Crippen molar-refractivity contribution in [1.29, 1.82) is 0 Å². The number of nitrogens with one attached hydrogen (secondary N) is 2. The number of nitrogens with zero attached hydrogens (tertiary/aromatic N) is 2. The van der Waals surface area contributed by atoms with Crippen LogP contribution in [0.15, 0.2) is 41.2 Å². The summed E-state index contributed by atoms with van der Waals surface area (Å²) in [6.07, 6.45) is 7.56. The average molecular weight is 313 g/mol. The molecule has 0 amide bonds. The van der Waals surface area contributed by atoms with Crippen molar-refractivity contribution in [1.82, 2.24) is 15.5 Å². The van der Waals surface area contributed by atoms with E-state index in [0.717, 1.165) is 24.4 Å². The van der Waals surface area contributed by atoms with E-state index in [0.29, 0.717) is 0 Å². The van der Waals surface area contributed by atoms with Gasteiger partial charge in [0.15, 0.2) is 0 Å². The maximum absolute atomic E-state index is 6.45. The van der Waals surface area contributed by atoms with Crippen LogP contribution < -0.4 is 16.4 Å². The van der Waals surface area contributed by atoms with E-state index >= 15 is 0 Å². The topological polar surface area (TPSA) is 65.7 Å². The van der Waals surface area contributed by atoms with Crippen molar-refractivity contribution in [3.8, 4) is 0 Å². The molecule has 0 aromatic heterocycles. The first-order valence-corrected chi connectivity index (χ1v) is 8.52. The van der Waals surface area contributed by atoms with Gasteiger partial charge in [0.25, 0.3) is 0 Å². The number of nitrogens with two attached hydrogens (primary N) is 1. The summed E-state index contributed by atoms with van der Waals surface area (Å²) in [7, 11) is 0. The zero-order valence-corrected chi connectivity index (χ0v) is 13.9. The van der Waals surface area contributed by atoms with E-state index in [-0.39, 0.29) is 0 Å². The molecule has 0 saturated carbocycles. The van der Waals surface area contributed by atoms with Crippen LogP contribution >= 0.6 is 0 Å². The quantitative estimate of drug-likeness (QED) is 0.699. The molecule has 0 bridgehead atoms. The second-order valence-electron chi connectivity index (χ2n) is 6.45. The Bertz CT molecular complexity index is 589. The number of hydrogen-bond acceptors (Lipinski definition) is 5. The lowest BCUT2D eigenvalue weighted by atomic mass is 10.1. The Morgan fingerprint density at radius 3 is 2.96 bits per heavy atom. The molecule has 2 heterocycles. The summed E-state index contributed by atoms with van der Waals surface area (Å²) in [5.74, 6) is 0.0448. The van der Waals surface area contributed by atoms with E-state index in [9.17, 15) is 0 Å². The van der Waals surface area contributed by atoms with Gasteiger partial charge in [0.1, 0.15) is 5.82 Å². The molecule has 1 fully saturated rings. The standard InChI is InChI=1S/C18H27N5/c1-15-6-4-7-16(14-15)18(19)21-10-8-17(22-18)20-9-5-13-23-11-2-3-12-23/h4,6-8,10,14,20,22H,2-3,5,9,11-13,19H2,1H3. The minimum absolute atomic E-state index is 0.891. The highest BCUT2D eigenvalue weighted by molar-refractivity contribution is 5.73. The molecule has 5 heteroatoms. The van der Waals surface area contributed by atoms with Crippen molar-refractivity contribution in [3.63, 3.8) is 0 Å². The molecule has 1 unspecified atom stereocenters. The summed E-state index contributed by atoms with van der Waals surface area (Å²) in [6.45, 7) is 6.68. The third-order valence-corrected chi connectivity index (χ3v) is 4.47. The van der Waals surface area contributed by atoms with Gasteiger partial charge in [-0.1, -0.05) is 29.8 Å². The van der Waals surface area contributed by atoms with Gasteiger partial charge in [-0.2, -0.15) is 0 Å². The van der Waals surface area contributed by atoms with Crippen LogP contribution in [0.25, 0.3) is 0 Å². The third kappa shape index (κ3) is 4.12. The number of allylic oxidation sites excluding steroid dienone is 1. The minimum Gasteiger partial charge on any atom is -0.372 e. The summed E-state index contributed by atoms with van der Waals surface area (Å²) in [5, 5.41) is 6.76. The maximum atomic E-state index is 6.45. The first-order chi connectivity index (χ1) is 11.2. The molecule has 1 saturated heterocycles. The normalized spacial score (nSPS) is 24.3.